The van der Waals surface area contributed by atoms with E-state index >= 15 is 0 Å². The van der Waals surface area contributed by atoms with E-state index in [1.807, 2.05) is 6.07 Å². The van der Waals surface area contributed by atoms with Crippen molar-refractivity contribution in [2.45, 2.75) is 12.3 Å². The smallest absolute Gasteiger partial charge is 0.0409 e. The van der Waals surface area contributed by atoms with Crippen LogP contribution in [0.5, 0.6) is 0 Å². The zero-order valence-corrected chi connectivity index (χ0v) is 10.1. The van der Waals surface area contributed by atoms with Crippen LogP contribution in [0.3, 0.4) is 0 Å². The van der Waals surface area contributed by atoms with Crippen LogP contribution in [0.1, 0.15) is 17.9 Å². The van der Waals surface area contributed by atoms with Gasteiger partial charge in [-0.05, 0) is 65.2 Å². The first-order chi connectivity index (χ1) is 6.27. The van der Waals surface area contributed by atoms with Gasteiger partial charge < -0.3 is 5.32 Å². The van der Waals surface area contributed by atoms with Crippen molar-refractivity contribution < 1.29 is 0 Å². The van der Waals surface area contributed by atoms with E-state index in [-0.39, 0.29) is 0 Å². The van der Waals surface area contributed by atoms with Crippen molar-refractivity contribution in [1.82, 2.24) is 5.32 Å². The molecule has 1 aliphatic rings. The molecule has 1 aromatic rings. The number of benzene rings is 1. The minimum atomic E-state index is 0.658. The summed E-state index contributed by atoms with van der Waals surface area (Å²) in [5.74, 6) is 0.658. The highest BCUT2D eigenvalue weighted by Gasteiger charge is 2.18. The van der Waals surface area contributed by atoms with Gasteiger partial charge in [-0.1, -0.05) is 11.6 Å². The molecule has 0 radical (unpaired) electrons. The molecular weight excluding hydrogens is 296 g/mol. The molecule has 3 heteroatoms. The Morgan fingerprint density at radius 2 is 2.31 bits per heavy atom. The highest BCUT2D eigenvalue weighted by atomic mass is 127. The summed E-state index contributed by atoms with van der Waals surface area (Å²) >= 11 is 8.35. The van der Waals surface area contributed by atoms with Crippen LogP contribution in [0.2, 0.25) is 5.02 Å². The number of hydrogen-bond acceptors (Lipinski definition) is 1. The van der Waals surface area contributed by atoms with E-state index in [1.165, 1.54) is 15.6 Å². The Labute approximate surface area is 97.0 Å². The Bertz CT molecular complexity index is 308. The van der Waals surface area contributed by atoms with Crippen molar-refractivity contribution in [3.05, 3.63) is 32.4 Å². The summed E-state index contributed by atoms with van der Waals surface area (Å²) < 4.78 is 1.33. The first kappa shape index (κ1) is 9.74. The Kier molecular flexibility index (Phi) is 3.11. The van der Waals surface area contributed by atoms with Crippen LogP contribution in [0.4, 0.5) is 0 Å². The second-order valence-corrected chi connectivity index (χ2v) is 4.95. The molecule has 1 N–H and O–H groups in total. The maximum absolute atomic E-state index is 5.97. The van der Waals surface area contributed by atoms with Crippen LogP contribution < -0.4 is 5.32 Å². The molecule has 0 aromatic heterocycles. The Morgan fingerprint density at radius 1 is 1.46 bits per heavy atom. The fourth-order valence-electron chi connectivity index (χ4n) is 1.75. The lowest BCUT2D eigenvalue weighted by Gasteiger charge is -2.11. The predicted octanol–water partition coefficient (Wildman–Crippen LogP) is 3.02. The molecule has 0 aliphatic carbocycles. The van der Waals surface area contributed by atoms with Crippen molar-refractivity contribution in [2.24, 2.45) is 0 Å². The topological polar surface area (TPSA) is 12.0 Å². The lowest BCUT2D eigenvalue weighted by molar-refractivity contribution is 0.759. The van der Waals surface area contributed by atoms with Crippen LogP contribution in [-0.4, -0.2) is 13.1 Å². The number of nitrogens with one attached hydrogen (secondary N) is 1. The second kappa shape index (κ2) is 4.15. The molecule has 0 unspecified atom stereocenters. The molecule has 1 aromatic carbocycles. The molecule has 70 valence electrons. The van der Waals surface area contributed by atoms with Gasteiger partial charge in [-0.15, -0.1) is 0 Å². The first-order valence-electron chi connectivity index (χ1n) is 4.43. The van der Waals surface area contributed by atoms with Crippen molar-refractivity contribution in [3.8, 4) is 0 Å². The summed E-state index contributed by atoms with van der Waals surface area (Å²) in [5, 5.41) is 4.22. The summed E-state index contributed by atoms with van der Waals surface area (Å²) in [5.41, 5.74) is 1.40. The molecule has 1 aliphatic heterocycles. The molecule has 0 bridgehead atoms. The molecule has 1 nitrogen and oxygen atoms in total. The SMILES string of the molecule is Clc1ccc(I)c([C@@H]2CCNC2)c1. The van der Waals surface area contributed by atoms with Crippen LogP contribution >= 0.6 is 34.2 Å². The molecule has 1 fully saturated rings. The van der Waals surface area contributed by atoms with Gasteiger partial charge in [-0.3, -0.25) is 0 Å². The van der Waals surface area contributed by atoms with E-state index in [2.05, 4.69) is 40.0 Å². The van der Waals surface area contributed by atoms with Crippen molar-refractivity contribution in [1.29, 1.82) is 0 Å². The molecule has 2 rings (SSSR count). The number of halogens is 2. The van der Waals surface area contributed by atoms with Crippen LogP contribution in [0, 0.1) is 3.57 Å². The lowest BCUT2D eigenvalue weighted by atomic mass is 9.99. The molecule has 1 heterocycles. The zero-order chi connectivity index (χ0) is 9.26. The maximum atomic E-state index is 5.97. The minimum Gasteiger partial charge on any atom is -0.316 e. The standard InChI is InChI=1S/C10H11ClIN/c11-8-1-2-10(12)9(5-8)7-3-4-13-6-7/h1-2,5,7,13H,3-4,6H2/t7-/m1/s1. The van der Waals surface area contributed by atoms with E-state index in [9.17, 15) is 0 Å². The van der Waals surface area contributed by atoms with Gasteiger partial charge in [0, 0.05) is 15.1 Å². The Morgan fingerprint density at radius 3 is 3.00 bits per heavy atom. The summed E-state index contributed by atoms with van der Waals surface area (Å²) in [6.07, 6.45) is 1.23. The zero-order valence-electron chi connectivity index (χ0n) is 7.19. The molecule has 0 amide bonds. The normalized spacial score (nSPS) is 22.2. The van der Waals surface area contributed by atoms with Crippen molar-refractivity contribution in [2.75, 3.05) is 13.1 Å². The quantitative estimate of drug-likeness (QED) is 0.787. The molecular formula is C10H11ClIN. The van der Waals surface area contributed by atoms with Gasteiger partial charge in [0.2, 0.25) is 0 Å². The third-order valence-electron chi connectivity index (χ3n) is 2.46. The maximum Gasteiger partial charge on any atom is 0.0409 e. The third-order valence-corrected chi connectivity index (χ3v) is 3.68. The van der Waals surface area contributed by atoms with E-state index in [0.717, 1.165) is 18.1 Å². The average molecular weight is 308 g/mol. The highest BCUT2D eigenvalue weighted by molar-refractivity contribution is 14.1. The van der Waals surface area contributed by atoms with Gasteiger partial charge >= 0.3 is 0 Å². The molecule has 0 spiro atoms. The van der Waals surface area contributed by atoms with Gasteiger partial charge in [-0.2, -0.15) is 0 Å². The van der Waals surface area contributed by atoms with Crippen LogP contribution in [-0.2, 0) is 0 Å². The second-order valence-electron chi connectivity index (χ2n) is 3.36. The van der Waals surface area contributed by atoms with Gasteiger partial charge in [0.1, 0.15) is 0 Å². The molecule has 13 heavy (non-hydrogen) atoms. The average Bonchev–Trinajstić information content (AvgIpc) is 2.61. The largest absolute Gasteiger partial charge is 0.316 e. The molecule has 0 saturated carbocycles. The van der Waals surface area contributed by atoms with E-state index < -0.39 is 0 Å². The Hall–Kier alpha value is 0.200. The fourth-order valence-corrected chi connectivity index (χ4v) is 2.70. The van der Waals surface area contributed by atoms with Gasteiger partial charge in [0.25, 0.3) is 0 Å². The van der Waals surface area contributed by atoms with Crippen LogP contribution in [0.15, 0.2) is 18.2 Å². The van der Waals surface area contributed by atoms with Crippen LogP contribution in [0.25, 0.3) is 0 Å². The van der Waals surface area contributed by atoms with Crippen molar-refractivity contribution >= 4 is 34.2 Å². The van der Waals surface area contributed by atoms with E-state index in [1.54, 1.807) is 0 Å². The molecule has 1 atom stereocenters. The monoisotopic (exact) mass is 307 g/mol. The number of rotatable bonds is 1. The summed E-state index contributed by atoms with van der Waals surface area (Å²) in [4.78, 5) is 0. The summed E-state index contributed by atoms with van der Waals surface area (Å²) in [6.45, 7) is 2.23. The Balaban J connectivity index is 2.32. The summed E-state index contributed by atoms with van der Waals surface area (Å²) in [7, 11) is 0. The van der Waals surface area contributed by atoms with Crippen molar-refractivity contribution in [3.63, 3.8) is 0 Å². The van der Waals surface area contributed by atoms with E-state index in [4.69, 9.17) is 11.6 Å². The van der Waals surface area contributed by atoms with Gasteiger partial charge in [0.05, 0.1) is 0 Å². The first-order valence-corrected chi connectivity index (χ1v) is 5.88. The molecule has 1 saturated heterocycles. The highest BCUT2D eigenvalue weighted by Crippen LogP contribution is 2.28. The summed E-state index contributed by atoms with van der Waals surface area (Å²) in [6, 6.07) is 6.15. The number of hydrogen-bond donors (Lipinski definition) is 1. The van der Waals surface area contributed by atoms with Gasteiger partial charge in [0.15, 0.2) is 0 Å². The lowest BCUT2D eigenvalue weighted by Crippen LogP contribution is -2.08. The third kappa shape index (κ3) is 2.17. The fraction of sp³-hybridized carbons (Fsp3) is 0.400. The predicted molar refractivity (Wildman–Crippen MR) is 64.4 cm³/mol. The van der Waals surface area contributed by atoms with Gasteiger partial charge in [-0.25, -0.2) is 0 Å². The van der Waals surface area contributed by atoms with E-state index in [0.29, 0.717) is 5.92 Å². The minimum absolute atomic E-state index is 0.658.